The molecule has 4 nitrogen and oxygen atoms in total. The number of hydrogen-bond acceptors (Lipinski definition) is 4. The quantitative estimate of drug-likeness (QED) is 0.679. The van der Waals surface area contributed by atoms with Gasteiger partial charge in [-0.05, 0) is 37.3 Å². The third-order valence-corrected chi connectivity index (χ3v) is 5.09. The van der Waals surface area contributed by atoms with Crippen LogP contribution in [-0.2, 0) is 7.05 Å². The molecule has 0 saturated heterocycles. The fourth-order valence-electron chi connectivity index (χ4n) is 2.12. The molecule has 3 aromatic rings. The summed E-state index contributed by atoms with van der Waals surface area (Å²) in [5.41, 5.74) is 1.81. The van der Waals surface area contributed by atoms with Crippen molar-refractivity contribution in [3.8, 4) is 0 Å². The summed E-state index contributed by atoms with van der Waals surface area (Å²) in [6, 6.07) is 11.2. The first-order valence-electron chi connectivity index (χ1n) is 6.89. The summed E-state index contributed by atoms with van der Waals surface area (Å²) in [7, 11) is 1.91. The molecule has 2 heterocycles. The van der Waals surface area contributed by atoms with Crippen LogP contribution in [0.1, 0.15) is 5.69 Å². The second-order valence-corrected chi connectivity index (χ2v) is 6.78. The number of nitrogens with zero attached hydrogens (tertiary/aromatic N) is 3. The molecule has 0 aliphatic heterocycles. The first-order valence-corrected chi connectivity index (χ1v) is 8.46. The van der Waals surface area contributed by atoms with E-state index in [2.05, 4.69) is 15.4 Å². The Morgan fingerprint density at radius 3 is 2.70 bits per heavy atom. The van der Waals surface area contributed by atoms with Gasteiger partial charge < -0.3 is 5.32 Å². The monoisotopic (exact) mass is 364 g/mol. The van der Waals surface area contributed by atoms with Gasteiger partial charge in [-0.3, -0.25) is 4.68 Å². The predicted octanol–water partition coefficient (Wildman–Crippen LogP) is 5.33. The Labute approximate surface area is 148 Å². The van der Waals surface area contributed by atoms with Crippen LogP contribution >= 0.6 is 35.0 Å². The largest absolute Gasteiger partial charge is 0.336 e. The lowest BCUT2D eigenvalue weighted by molar-refractivity contribution is 0.693. The molecule has 0 saturated carbocycles. The fraction of sp³-hybridized carbons (Fsp3) is 0.125. The zero-order valence-corrected chi connectivity index (χ0v) is 14.9. The maximum atomic E-state index is 6.28. The van der Waals surface area contributed by atoms with Gasteiger partial charge in [0.2, 0.25) is 0 Å². The van der Waals surface area contributed by atoms with E-state index < -0.39 is 0 Å². The Bertz CT molecular complexity index is 834. The van der Waals surface area contributed by atoms with Crippen LogP contribution in [0, 0.1) is 6.92 Å². The molecule has 3 rings (SSSR count). The summed E-state index contributed by atoms with van der Waals surface area (Å²) in [5.74, 6) is 0.771. The average Bonchev–Trinajstić information content (AvgIpc) is 2.78. The highest BCUT2D eigenvalue weighted by Gasteiger charge is 2.16. The lowest BCUT2D eigenvalue weighted by Crippen LogP contribution is -1.96. The van der Waals surface area contributed by atoms with E-state index >= 15 is 0 Å². The fourth-order valence-corrected chi connectivity index (χ4v) is 3.62. The Hall–Kier alpha value is -1.69. The van der Waals surface area contributed by atoms with E-state index in [1.165, 1.54) is 11.8 Å². The van der Waals surface area contributed by atoms with Crippen molar-refractivity contribution in [2.24, 2.45) is 7.05 Å². The van der Waals surface area contributed by atoms with Crippen molar-refractivity contribution in [3.05, 3.63) is 58.3 Å². The number of pyridine rings is 1. The molecule has 0 bridgehead atoms. The van der Waals surface area contributed by atoms with E-state index in [1.807, 2.05) is 49.0 Å². The zero-order chi connectivity index (χ0) is 16.4. The van der Waals surface area contributed by atoms with Gasteiger partial charge in [-0.1, -0.05) is 41.0 Å². The molecular weight excluding hydrogens is 351 g/mol. The van der Waals surface area contributed by atoms with E-state index in [4.69, 9.17) is 23.2 Å². The third-order valence-electron chi connectivity index (χ3n) is 3.19. The van der Waals surface area contributed by atoms with Crippen LogP contribution in [0.5, 0.6) is 0 Å². The van der Waals surface area contributed by atoms with Gasteiger partial charge in [-0.2, -0.15) is 5.10 Å². The summed E-state index contributed by atoms with van der Waals surface area (Å²) in [4.78, 5) is 5.22. The molecule has 0 fully saturated rings. The normalized spacial score (nSPS) is 10.8. The number of benzene rings is 1. The molecule has 1 aromatic carbocycles. The molecule has 0 unspecified atom stereocenters. The van der Waals surface area contributed by atoms with Gasteiger partial charge in [0.1, 0.15) is 10.8 Å². The Morgan fingerprint density at radius 2 is 2.00 bits per heavy atom. The van der Waals surface area contributed by atoms with E-state index in [0.717, 1.165) is 27.1 Å². The standard InChI is InChI=1S/C16H14Cl2N4S/c1-10-15(20-14-5-3-4-8-19-14)16(22(2)21-10)23-13-7-6-11(17)9-12(13)18/h3-9H,1-2H3,(H,19,20). The number of halogens is 2. The smallest absolute Gasteiger partial charge is 0.130 e. The van der Waals surface area contributed by atoms with Crippen LogP contribution in [-0.4, -0.2) is 14.8 Å². The Morgan fingerprint density at radius 1 is 1.17 bits per heavy atom. The first kappa shape index (κ1) is 16.2. The Kier molecular flexibility index (Phi) is 4.80. The van der Waals surface area contributed by atoms with Gasteiger partial charge in [0.25, 0.3) is 0 Å². The van der Waals surface area contributed by atoms with E-state index in [0.29, 0.717) is 10.0 Å². The summed E-state index contributed by atoms with van der Waals surface area (Å²) in [6.45, 7) is 1.96. The highest BCUT2D eigenvalue weighted by Crippen LogP contribution is 2.39. The molecule has 2 aromatic heterocycles. The van der Waals surface area contributed by atoms with Gasteiger partial charge in [0.15, 0.2) is 0 Å². The summed E-state index contributed by atoms with van der Waals surface area (Å²) in [6.07, 6.45) is 1.75. The summed E-state index contributed by atoms with van der Waals surface area (Å²) in [5, 5.41) is 10.0. The van der Waals surface area contributed by atoms with Crippen molar-refractivity contribution in [2.75, 3.05) is 5.32 Å². The zero-order valence-electron chi connectivity index (χ0n) is 12.5. The molecule has 23 heavy (non-hydrogen) atoms. The van der Waals surface area contributed by atoms with Crippen molar-refractivity contribution in [3.63, 3.8) is 0 Å². The van der Waals surface area contributed by atoms with Crippen LogP contribution in [0.15, 0.2) is 52.5 Å². The number of nitrogens with one attached hydrogen (secondary N) is 1. The van der Waals surface area contributed by atoms with Gasteiger partial charge in [0.05, 0.1) is 16.4 Å². The van der Waals surface area contributed by atoms with Crippen LogP contribution in [0.2, 0.25) is 10.0 Å². The average molecular weight is 365 g/mol. The molecule has 0 radical (unpaired) electrons. The number of aryl methyl sites for hydroxylation is 2. The SMILES string of the molecule is Cc1nn(C)c(Sc2ccc(Cl)cc2Cl)c1Nc1ccccn1. The van der Waals surface area contributed by atoms with E-state index in [1.54, 1.807) is 12.3 Å². The number of aromatic nitrogens is 3. The molecule has 0 aliphatic rings. The van der Waals surface area contributed by atoms with Gasteiger partial charge in [0, 0.05) is 23.2 Å². The predicted molar refractivity (Wildman–Crippen MR) is 96.0 cm³/mol. The minimum absolute atomic E-state index is 0.616. The number of hydrogen-bond donors (Lipinski definition) is 1. The van der Waals surface area contributed by atoms with Gasteiger partial charge in [-0.15, -0.1) is 0 Å². The molecule has 0 amide bonds. The topological polar surface area (TPSA) is 42.7 Å². The maximum Gasteiger partial charge on any atom is 0.130 e. The van der Waals surface area contributed by atoms with Crippen LogP contribution in [0.4, 0.5) is 11.5 Å². The third kappa shape index (κ3) is 3.63. The molecule has 1 N–H and O–H groups in total. The number of rotatable bonds is 4. The Balaban J connectivity index is 1.96. The summed E-state index contributed by atoms with van der Waals surface area (Å²) < 4.78 is 1.83. The van der Waals surface area contributed by atoms with Crippen molar-refractivity contribution in [2.45, 2.75) is 16.8 Å². The maximum absolute atomic E-state index is 6.28. The molecule has 118 valence electrons. The van der Waals surface area contributed by atoms with Crippen LogP contribution in [0.25, 0.3) is 0 Å². The van der Waals surface area contributed by atoms with Crippen molar-refractivity contribution < 1.29 is 0 Å². The first-order chi connectivity index (χ1) is 11.0. The number of anilines is 2. The van der Waals surface area contributed by atoms with Gasteiger partial charge in [-0.25, -0.2) is 4.98 Å². The van der Waals surface area contributed by atoms with E-state index in [9.17, 15) is 0 Å². The molecular formula is C16H14Cl2N4S. The molecule has 0 atom stereocenters. The lowest BCUT2D eigenvalue weighted by atomic mass is 10.4. The van der Waals surface area contributed by atoms with E-state index in [-0.39, 0.29) is 0 Å². The second-order valence-electron chi connectivity index (χ2n) is 4.91. The van der Waals surface area contributed by atoms with Gasteiger partial charge >= 0.3 is 0 Å². The lowest BCUT2D eigenvalue weighted by Gasteiger charge is -2.09. The highest BCUT2D eigenvalue weighted by molar-refractivity contribution is 7.99. The minimum atomic E-state index is 0.616. The van der Waals surface area contributed by atoms with Crippen molar-refractivity contribution in [1.29, 1.82) is 0 Å². The van der Waals surface area contributed by atoms with Crippen LogP contribution < -0.4 is 5.32 Å². The van der Waals surface area contributed by atoms with Crippen molar-refractivity contribution >= 4 is 46.5 Å². The highest BCUT2D eigenvalue weighted by atomic mass is 35.5. The summed E-state index contributed by atoms with van der Waals surface area (Å²) >= 11 is 13.8. The molecule has 0 spiro atoms. The van der Waals surface area contributed by atoms with Crippen LogP contribution in [0.3, 0.4) is 0 Å². The minimum Gasteiger partial charge on any atom is -0.336 e. The second kappa shape index (κ2) is 6.83. The van der Waals surface area contributed by atoms with Crippen molar-refractivity contribution in [1.82, 2.24) is 14.8 Å². The molecule has 7 heteroatoms. The molecule has 0 aliphatic carbocycles.